The second kappa shape index (κ2) is 6.02. The van der Waals surface area contributed by atoms with E-state index >= 15 is 0 Å². The maximum absolute atomic E-state index is 12.2. The van der Waals surface area contributed by atoms with Gasteiger partial charge in [-0.05, 0) is 6.42 Å². The van der Waals surface area contributed by atoms with Crippen LogP contribution in [-0.2, 0) is 26.1 Å². The van der Waals surface area contributed by atoms with Crippen LogP contribution >= 0.6 is 0 Å². The highest BCUT2D eigenvalue weighted by molar-refractivity contribution is 7.89. The number of methoxy groups -OCH3 is 1. The van der Waals surface area contributed by atoms with E-state index in [-0.39, 0.29) is 17.3 Å². The molecule has 0 bridgehead atoms. The molecule has 19 heavy (non-hydrogen) atoms. The van der Waals surface area contributed by atoms with Crippen LogP contribution in [0.1, 0.15) is 13.3 Å². The summed E-state index contributed by atoms with van der Waals surface area (Å²) in [5.41, 5.74) is 5.60. The Morgan fingerprint density at radius 2 is 2.21 bits per heavy atom. The lowest BCUT2D eigenvalue weighted by Gasteiger charge is -2.14. The lowest BCUT2D eigenvalue weighted by molar-refractivity contribution is -0.140. The normalized spacial score (nSPS) is 11.8. The number of aromatic nitrogens is 2. The molecule has 1 aromatic heterocycles. The van der Waals surface area contributed by atoms with Crippen LogP contribution in [0.25, 0.3) is 0 Å². The minimum atomic E-state index is -3.85. The summed E-state index contributed by atoms with van der Waals surface area (Å²) >= 11 is 0. The van der Waals surface area contributed by atoms with Gasteiger partial charge in [0.1, 0.15) is 11.4 Å². The maximum Gasteiger partial charge on any atom is 0.321 e. The molecular formula is C10H18N4O4S. The largest absolute Gasteiger partial charge is 0.468 e. The summed E-state index contributed by atoms with van der Waals surface area (Å²) in [5, 5.41) is 3.92. The van der Waals surface area contributed by atoms with Gasteiger partial charge in [-0.15, -0.1) is 0 Å². The van der Waals surface area contributed by atoms with Gasteiger partial charge in [0.05, 0.1) is 7.11 Å². The summed E-state index contributed by atoms with van der Waals surface area (Å²) in [6.45, 7) is 2.13. The molecule has 2 N–H and O–H groups in total. The first-order chi connectivity index (χ1) is 8.82. The number of ether oxygens (including phenoxy) is 1. The molecule has 1 rings (SSSR count). The minimum absolute atomic E-state index is 0.0786. The van der Waals surface area contributed by atoms with Crippen LogP contribution in [0.2, 0.25) is 0 Å². The van der Waals surface area contributed by atoms with E-state index in [0.29, 0.717) is 6.54 Å². The SMILES string of the molecule is CCCn1cc(S(=O)(=O)N(C)CC(=O)OC)c(N)n1. The van der Waals surface area contributed by atoms with Crippen molar-refractivity contribution in [1.82, 2.24) is 14.1 Å². The highest BCUT2D eigenvalue weighted by Crippen LogP contribution is 2.20. The van der Waals surface area contributed by atoms with Crippen molar-refractivity contribution in [3.05, 3.63) is 6.20 Å². The number of hydrogen-bond acceptors (Lipinski definition) is 6. The van der Waals surface area contributed by atoms with E-state index in [9.17, 15) is 13.2 Å². The number of nitrogens with zero attached hydrogens (tertiary/aromatic N) is 3. The third kappa shape index (κ3) is 3.44. The Balaban J connectivity index is 3.02. The molecule has 1 aromatic rings. The molecular weight excluding hydrogens is 272 g/mol. The van der Waals surface area contributed by atoms with Crippen LogP contribution in [0.5, 0.6) is 0 Å². The van der Waals surface area contributed by atoms with E-state index in [1.807, 2.05) is 6.92 Å². The van der Waals surface area contributed by atoms with Crippen molar-refractivity contribution in [3.63, 3.8) is 0 Å². The molecule has 108 valence electrons. The van der Waals surface area contributed by atoms with E-state index in [0.717, 1.165) is 10.7 Å². The zero-order chi connectivity index (χ0) is 14.6. The molecule has 0 aliphatic rings. The Bertz CT molecular complexity index is 552. The number of esters is 1. The van der Waals surface area contributed by atoms with Crippen LogP contribution in [0.4, 0.5) is 5.82 Å². The molecule has 0 saturated heterocycles. The molecule has 0 fully saturated rings. The molecule has 0 aliphatic heterocycles. The quantitative estimate of drug-likeness (QED) is 0.719. The smallest absolute Gasteiger partial charge is 0.321 e. The van der Waals surface area contributed by atoms with Gasteiger partial charge in [0.25, 0.3) is 0 Å². The third-order valence-electron chi connectivity index (χ3n) is 2.48. The van der Waals surface area contributed by atoms with E-state index in [2.05, 4.69) is 9.84 Å². The van der Waals surface area contributed by atoms with Crippen molar-refractivity contribution in [2.24, 2.45) is 0 Å². The van der Waals surface area contributed by atoms with Crippen molar-refractivity contribution in [3.8, 4) is 0 Å². The van der Waals surface area contributed by atoms with E-state index < -0.39 is 16.0 Å². The van der Waals surface area contributed by atoms with Gasteiger partial charge in [0.15, 0.2) is 5.82 Å². The first kappa shape index (κ1) is 15.4. The number of nitrogens with two attached hydrogens (primary N) is 1. The zero-order valence-corrected chi connectivity index (χ0v) is 12.0. The summed E-state index contributed by atoms with van der Waals surface area (Å²) in [6.07, 6.45) is 2.17. The highest BCUT2D eigenvalue weighted by Gasteiger charge is 2.27. The van der Waals surface area contributed by atoms with E-state index in [4.69, 9.17) is 5.73 Å². The molecule has 0 amide bonds. The predicted molar refractivity (Wildman–Crippen MR) is 68.8 cm³/mol. The first-order valence-electron chi connectivity index (χ1n) is 5.69. The van der Waals surface area contributed by atoms with Crippen molar-refractivity contribution in [2.45, 2.75) is 24.8 Å². The van der Waals surface area contributed by atoms with Crippen LogP contribution < -0.4 is 5.73 Å². The number of anilines is 1. The second-order valence-electron chi connectivity index (χ2n) is 3.98. The van der Waals surface area contributed by atoms with Gasteiger partial charge in [0.2, 0.25) is 10.0 Å². The molecule has 0 aliphatic carbocycles. The Morgan fingerprint density at radius 1 is 1.58 bits per heavy atom. The summed E-state index contributed by atoms with van der Waals surface area (Å²) in [6, 6.07) is 0. The number of nitrogen functional groups attached to an aromatic ring is 1. The van der Waals surface area contributed by atoms with Gasteiger partial charge in [0, 0.05) is 19.8 Å². The number of carbonyl (C=O) groups is 1. The maximum atomic E-state index is 12.2. The Kier molecular flexibility index (Phi) is 4.90. The number of likely N-dealkylation sites (N-methyl/N-ethyl adjacent to an activating group) is 1. The molecule has 0 unspecified atom stereocenters. The molecule has 8 nitrogen and oxygen atoms in total. The van der Waals surface area contributed by atoms with E-state index in [1.165, 1.54) is 25.0 Å². The topological polar surface area (TPSA) is 108 Å². The molecule has 9 heteroatoms. The summed E-state index contributed by atoms with van der Waals surface area (Å²) in [5.74, 6) is -0.726. The van der Waals surface area contributed by atoms with Crippen LogP contribution in [0.15, 0.2) is 11.1 Å². The van der Waals surface area contributed by atoms with E-state index in [1.54, 1.807) is 0 Å². The average molecular weight is 290 g/mol. The number of hydrogen-bond donors (Lipinski definition) is 1. The summed E-state index contributed by atoms with van der Waals surface area (Å²) in [7, 11) is -1.38. The van der Waals surface area contributed by atoms with Gasteiger partial charge in [-0.2, -0.15) is 9.40 Å². The van der Waals surface area contributed by atoms with Gasteiger partial charge < -0.3 is 10.5 Å². The minimum Gasteiger partial charge on any atom is -0.468 e. The number of rotatable bonds is 6. The van der Waals surface area contributed by atoms with Crippen molar-refractivity contribution < 1.29 is 17.9 Å². The summed E-state index contributed by atoms with van der Waals surface area (Å²) in [4.78, 5) is 11.0. The Labute approximate surface area is 112 Å². The molecule has 0 atom stereocenters. The van der Waals surface area contributed by atoms with Crippen molar-refractivity contribution >= 4 is 21.8 Å². The van der Waals surface area contributed by atoms with Crippen LogP contribution in [0.3, 0.4) is 0 Å². The van der Waals surface area contributed by atoms with Crippen molar-refractivity contribution in [1.29, 1.82) is 0 Å². The molecule has 0 radical (unpaired) electrons. The molecule has 0 spiro atoms. The Hall–Kier alpha value is -1.61. The standard InChI is InChI=1S/C10H18N4O4S/c1-4-5-14-6-8(10(11)12-14)19(16,17)13(2)7-9(15)18-3/h6H,4-5,7H2,1-3H3,(H2,11,12). The lowest BCUT2D eigenvalue weighted by Crippen LogP contribution is -2.32. The lowest BCUT2D eigenvalue weighted by atomic mass is 10.5. The van der Waals surface area contributed by atoms with Gasteiger partial charge in [-0.25, -0.2) is 8.42 Å². The van der Waals surface area contributed by atoms with Gasteiger partial charge in [-0.3, -0.25) is 9.48 Å². The first-order valence-corrected chi connectivity index (χ1v) is 7.13. The predicted octanol–water partition coefficient (Wildman–Crippen LogP) is -0.331. The highest BCUT2D eigenvalue weighted by atomic mass is 32.2. The molecule has 0 saturated carbocycles. The monoisotopic (exact) mass is 290 g/mol. The number of sulfonamides is 1. The van der Waals surface area contributed by atoms with Gasteiger partial charge >= 0.3 is 5.97 Å². The second-order valence-corrected chi connectivity index (χ2v) is 5.99. The van der Waals surface area contributed by atoms with Gasteiger partial charge in [-0.1, -0.05) is 6.92 Å². The fraction of sp³-hybridized carbons (Fsp3) is 0.600. The number of carbonyl (C=O) groups excluding carboxylic acids is 1. The fourth-order valence-corrected chi connectivity index (χ4v) is 2.63. The number of aryl methyl sites for hydroxylation is 1. The van der Waals surface area contributed by atoms with Crippen molar-refractivity contribution in [2.75, 3.05) is 26.4 Å². The fourth-order valence-electron chi connectivity index (χ4n) is 1.46. The van der Waals surface area contributed by atoms with Crippen LogP contribution in [0, 0.1) is 0 Å². The average Bonchev–Trinajstić information content (AvgIpc) is 2.71. The van der Waals surface area contributed by atoms with Crippen LogP contribution in [-0.4, -0.2) is 49.2 Å². The summed E-state index contributed by atoms with van der Waals surface area (Å²) < 4.78 is 31.2. The molecule has 1 heterocycles. The third-order valence-corrected chi connectivity index (χ3v) is 4.30. The Morgan fingerprint density at radius 3 is 2.74 bits per heavy atom. The zero-order valence-electron chi connectivity index (χ0n) is 11.2. The molecule has 0 aromatic carbocycles.